The smallest absolute Gasteiger partial charge is 0.166 e. The van der Waals surface area contributed by atoms with Crippen LogP contribution in [0, 0.1) is 6.92 Å². The Labute approximate surface area is 121 Å². The molecule has 0 radical (unpaired) electrons. The van der Waals surface area contributed by atoms with Gasteiger partial charge in [-0.05, 0) is 45.0 Å². The zero-order valence-electron chi connectivity index (χ0n) is 12.7. The molecule has 0 spiro atoms. The molecule has 1 fully saturated rings. The Kier molecular flexibility index (Phi) is 5.60. The van der Waals surface area contributed by atoms with Gasteiger partial charge in [-0.1, -0.05) is 25.0 Å². The predicted octanol–water partition coefficient (Wildman–Crippen LogP) is 3.45. The van der Waals surface area contributed by atoms with Gasteiger partial charge in [0.05, 0.1) is 5.56 Å². The summed E-state index contributed by atoms with van der Waals surface area (Å²) in [6.45, 7) is 7.86. The highest BCUT2D eigenvalue weighted by molar-refractivity contribution is 5.98. The van der Waals surface area contributed by atoms with E-state index >= 15 is 0 Å². The Bertz CT molecular complexity index is 450. The molecule has 0 unspecified atom stereocenters. The molecule has 0 aromatic heterocycles. The number of carbonyl (C=O) groups is 1. The second kappa shape index (κ2) is 7.44. The van der Waals surface area contributed by atoms with Gasteiger partial charge in [0.1, 0.15) is 12.4 Å². The molecule has 0 saturated carbocycles. The number of hydrogen-bond acceptors (Lipinski definition) is 3. The molecule has 1 aromatic rings. The first-order valence-electron chi connectivity index (χ1n) is 7.69. The van der Waals surface area contributed by atoms with Crippen molar-refractivity contribution in [2.75, 3.05) is 26.2 Å². The predicted molar refractivity (Wildman–Crippen MR) is 81.6 cm³/mol. The number of hydrogen-bond donors (Lipinski definition) is 0. The minimum Gasteiger partial charge on any atom is -0.491 e. The summed E-state index contributed by atoms with van der Waals surface area (Å²) in [6, 6.07) is 5.86. The van der Waals surface area contributed by atoms with Gasteiger partial charge in [0.25, 0.3) is 0 Å². The number of carbonyl (C=O) groups excluding carboxylic acids is 1. The monoisotopic (exact) mass is 275 g/mol. The van der Waals surface area contributed by atoms with E-state index in [1.807, 2.05) is 32.0 Å². The highest BCUT2D eigenvalue weighted by atomic mass is 16.5. The maximum absolute atomic E-state index is 12.0. The van der Waals surface area contributed by atoms with E-state index in [1.165, 1.54) is 32.4 Å². The number of nitrogens with zero attached hydrogens (tertiary/aromatic N) is 1. The minimum absolute atomic E-state index is 0.154. The van der Waals surface area contributed by atoms with Gasteiger partial charge in [0.15, 0.2) is 5.78 Å². The van der Waals surface area contributed by atoms with Crippen LogP contribution in [-0.4, -0.2) is 36.9 Å². The van der Waals surface area contributed by atoms with E-state index in [-0.39, 0.29) is 5.78 Å². The number of likely N-dealkylation sites (tertiary alicyclic amines) is 1. The van der Waals surface area contributed by atoms with Crippen LogP contribution in [0.1, 0.15) is 48.5 Å². The lowest BCUT2D eigenvalue weighted by Gasteiger charge is -2.26. The lowest BCUT2D eigenvalue weighted by Crippen LogP contribution is -2.33. The van der Waals surface area contributed by atoms with Gasteiger partial charge in [-0.25, -0.2) is 0 Å². The molecule has 0 aliphatic carbocycles. The first kappa shape index (κ1) is 15.0. The molecule has 110 valence electrons. The van der Waals surface area contributed by atoms with E-state index in [0.29, 0.717) is 13.0 Å². The van der Waals surface area contributed by atoms with Crippen LogP contribution in [0.15, 0.2) is 18.2 Å². The summed E-state index contributed by atoms with van der Waals surface area (Å²) in [6.07, 6.45) is 4.46. The van der Waals surface area contributed by atoms with Gasteiger partial charge in [-0.15, -0.1) is 0 Å². The van der Waals surface area contributed by atoms with Crippen molar-refractivity contribution in [3.8, 4) is 5.75 Å². The number of piperidine rings is 1. The van der Waals surface area contributed by atoms with Gasteiger partial charge >= 0.3 is 0 Å². The zero-order chi connectivity index (χ0) is 14.4. The molecule has 1 heterocycles. The zero-order valence-corrected chi connectivity index (χ0v) is 12.7. The second-order valence-corrected chi connectivity index (χ2v) is 5.53. The van der Waals surface area contributed by atoms with Crippen LogP contribution < -0.4 is 4.74 Å². The molecule has 0 N–H and O–H groups in total. The third-order valence-corrected chi connectivity index (χ3v) is 3.87. The minimum atomic E-state index is 0.154. The topological polar surface area (TPSA) is 29.5 Å². The lowest BCUT2D eigenvalue weighted by molar-refractivity contribution is 0.0983. The number of rotatable bonds is 6. The van der Waals surface area contributed by atoms with E-state index in [4.69, 9.17) is 4.74 Å². The summed E-state index contributed by atoms with van der Waals surface area (Å²) in [7, 11) is 0. The summed E-state index contributed by atoms with van der Waals surface area (Å²) in [5, 5.41) is 0. The van der Waals surface area contributed by atoms with Crippen molar-refractivity contribution < 1.29 is 9.53 Å². The number of benzene rings is 1. The molecule has 3 heteroatoms. The lowest BCUT2D eigenvalue weighted by atomic mass is 10.1. The molecule has 1 saturated heterocycles. The van der Waals surface area contributed by atoms with Crippen molar-refractivity contribution in [1.82, 2.24) is 4.90 Å². The van der Waals surface area contributed by atoms with E-state index in [9.17, 15) is 4.79 Å². The molecule has 1 aliphatic heterocycles. The SMILES string of the molecule is CCC(=O)c1cc(C)ccc1OCCN1CCCCC1. The number of aryl methyl sites for hydroxylation is 1. The van der Waals surface area contributed by atoms with E-state index in [0.717, 1.165) is 23.4 Å². The molecule has 3 nitrogen and oxygen atoms in total. The van der Waals surface area contributed by atoms with E-state index in [2.05, 4.69) is 4.90 Å². The Morgan fingerprint density at radius 1 is 1.25 bits per heavy atom. The van der Waals surface area contributed by atoms with Crippen molar-refractivity contribution in [3.05, 3.63) is 29.3 Å². The summed E-state index contributed by atoms with van der Waals surface area (Å²) < 4.78 is 5.86. The Morgan fingerprint density at radius 2 is 2.00 bits per heavy atom. The maximum Gasteiger partial charge on any atom is 0.166 e. The number of ether oxygens (including phenoxy) is 1. The van der Waals surface area contributed by atoms with Crippen LogP contribution in [0.25, 0.3) is 0 Å². The summed E-state index contributed by atoms with van der Waals surface area (Å²) in [5.41, 5.74) is 1.83. The first-order chi connectivity index (χ1) is 9.70. The normalized spacial score (nSPS) is 16.1. The summed E-state index contributed by atoms with van der Waals surface area (Å²) >= 11 is 0. The van der Waals surface area contributed by atoms with Gasteiger partial charge in [0, 0.05) is 13.0 Å². The van der Waals surface area contributed by atoms with Crippen LogP contribution in [-0.2, 0) is 0 Å². The van der Waals surface area contributed by atoms with Crippen molar-refractivity contribution in [3.63, 3.8) is 0 Å². The van der Waals surface area contributed by atoms with Crippen LogP contribution in [0.5, 0.6) is 5.75 Å². The number of ketones is 1. The van der Waals surface area contributed by atoms with Gasteiger partial charge in [-0.3, -0.25) is 9.69 Å². The van der Waals surface area contributed by atoms with Crippen LogP contribution in [0.3, 0.4) is 0 Å². The molecule has 0 bridgehead atoms. The fourth-order valence-electron chi connectivity index (χ4n) is 2.65. The van der Waals surface area contributed by atoms with Crippen molar-refractivity contribution in [2.45, 2.75) is 39.5 Å². The van der Waals surface area contributed by atoms with Gasteiger partial charge in [0.2, 0.25) is 0 Å². The molecule has 1 aliphatic rings. The Balaban J connectivity index is 1.92. The van der Waals surface area contributed by atoms with Crippen molar-refractivity contribution >= 4 is 5.78 Å². The third kappa shape index (κ3) is 4.07. The highest BCUT2D eigenvalue weighted by Crippen LogP contribution is 2.21. The van der Waals surface area contributed by atoms with Crippen molar-refractivity contribution in [2.24, 2.45) is 0 Å². The average molecular weight is 275 g/mol. The molecule has 1 aromatic carbocycles. The molecule has 0 amide bonds. The Hall–Kier alpha value is -1.35. The fourth-order valence-corrected chi connectivity index (χ4v) is 2.65. The quantitative estimate of drug-likeness (QED) is 0.745. The molecular formula is C17H25NO2. The largest absolute Gasteiger partial charge is 0.491 e. The molecule has 2 rings (SSSR count). The first-order valence-corrected chi connectivity index (χ1v) is 7.69. The maximum atomic E-state index is 12.0. The van der Waals surface area contributed by atoms with Crippen LogP contribution >= 0.6 is 0 Å². The molecule has 20 heavy (non-hydrogen) atoms. The number of Topliss-reactive ketones (excluding diaryl/α,β-unsaturated/α-hetero) is 1. The van der Waals surface area contributed by atoms with Crippen molar-refractivity contribution in [1.29, 1.82) is 0 Å². The summed E-state index contributed by atoms with van der Waals surface area (Å²) in [4.78, 5) is 14.4. The molecule has 0 atom stereocenters. The molecular weight excluding hydrogens is 250 g/mol. The van der Waals surface area contributed by atoms with E-state index < -0.39 is 0 Å². The van der Waals surface area contributed by atoms with Gasteiger partial charge in [-0.2, -0.15) is 0 Å². The van der Waals surface area contributed by atoms with E-state index in [1.54, 1.807) is 0 Å². The van der Waals surface area contributed by atoms with Crippen LogP contribution in [0.2, 0.25) is 0 Å². The average Bonchev–Trinajstić information content (AvgIpc) is 2.49. The van der Waals surface area contributed by atoms with Crippen LogP contribution in [0.4, 0.5) is 0 Å². The third-order valence-electron chi connectivity index (χ3n) is 3.87. The fraction of sp³-hybridized carbons (Fsp3) is 0.588. The summed E-state index contributed by atoms with van der Waals surface area (Å²) in [5.74, 6) is 0.890. The second-order valence-electron chi connectivity index (χ2n) is 5.53. The Morgan fingerprint density at radius 3 is 2.70 bits per heavy atom. The van der Waals surface area contributed by atoms with Gasteiger partial charge < -0.3 is 4.74 Å². The highest BCUT2D eigenvalue weighted by Gasteiger charge is 2.13. The standard InChI is InChI=1S/C17H25NO2/c1-3-16(19)15-13-14(2)7-8-17(15)20-12-11-18-9-5-4-6-10-18/h7-8,13H,3-6,9-12H2,1-2H3.